The lowest BCUT2D eigenvalue weighted by molar-refractivity contribution is -0.139. The molecule has 1 aromatic rings. The van der Waals surface area contributed by atoms with E-state index in [9.17, 15) is 4.79 Å². The van der Waals surface area contributed by atoms with Crippen LogP contribution in [0.25, 0.3) is 6.08 Å². The van der Waals surface area contributed by atoms with Crippen LogP contribution in [0.3, 0.4) is 0 Å². The van der Waals surface area contributed by atoms with Gasteiger partial charge in [-0.1, -0.05) is 36.4 Å². The molecule has 0 aliphatic heterocycles. The molecule has 3 N–H and O–H groups in total. The molecule has 0 saturated carbocycles. The maximum Gasteiger partial charge on any atom is 0.321 e. The highest BCUT2D eigenvalue weighted by Gasteiger charge is 2.27. The number of carboxylic acids is 1. The lowest BCUT2D eigenvalue weighted by atomic mass is 9.82. The zero-order valence-corrected chi connectivity index (χ0v) is 8.26. The average Bonchev–Trinajstić information content (AvgIpc) is 2.27. The molecule has 78 valence electrons. The number of carbonyl (C=O) groups is 1. The molecular weight excluding hydrogens is 190 g/mol. The monoisotopic (exact) mass is 203 g/mol. The molecule has 0 radical (unpaired) electrons. The van der Waals surface area contributed by atoms with Crippen molar-refractivity contribution in [3.05, 3.63) is 41.5 Å². The number of carboxylic acid groups (broad SMARTS) is 1. The van der Waals surface area contributed by atoms with Crippen LogP contribution in [0.1, 0.15) is 23.5 Å². The summed E-state index contributed by atoms with van der Waals surface area (Å²) >= 11 is 0. The van der Waals surface area contributed by atoms with E-state index in [0.29, 0.717) is 6.42 Å². The standard InChI is InChI=1S/C12H13NO2/c13-11(12(14)15)10-7-3-5-8-4-1-2-6-9(8)10/h1-6,10-11H,7,13H2,(H,14,15)/t10-,11?/m0/s1. The summed E-state index contributed by atoms with van der Waals surface area (Å²) in [6, 6.07) is 6.96. The van der Waals surface area contributed by atoms with Crippen molar-refractivity contribution in [1.29, 1.82) is 0 Å². The number of allylic oxidation sites excluding steroid dienone is 1. The summed E-state index contributed by atoms with van der Waals surface area (Å²) in [5.74, 6) is -1.05. The third kappa shape index (κ3) is 1.78. The number of hydrogen-bond donors (Lipinski definition) is 2. The van der Waals surface area contributed by atoms with Crippen LogP contribution in [0.5, 0.6) is 0 Å². The van der Waals surface area contributed by atoms with E-state index >= 15 is 0 Å². The normalized spacial score (nSPS) is 20.7. The molecule has 0 bridgehead atoms. The van der Waals surface area contributed by atoms with Gasteiger partial charge >= 0.3 is 5.97 Å². The van der Waals surface area contributed by atoms with E-state index in [1.54, 1.807) is 0 Å². The fourth-order valence-electron chi connectivity index (χ4n) is 1.98. The van der Waals surface area contributed by atoms with E-state index in [0.717, 1.165) is 11.1 Å². The van der Waals surface area contributed by atoms with Crippen molar-refractivity contribution in [1.82, 2.24) is 0 Å². The first-order chi connectivity index (χ1) is 7.20. The zero-order chi connectivity index (χ0) is 10.8. The van der Waals surface area contributed by atoms with Gasteiger partial charge < -0.3 is 10.8 Å². The van der Waals surface area contributed by atoms with Gasteiger partial charge in [0.15, 0.2) is 0 Å². The number of nitrogens with two attached hydrogens (primary N) is 1. The van der Waals surface area contributed by atoms with E-state index in [4.69, 9.17) is 10.8 Å². The molecule has 15 heavy (non-hydrogen) atoms. The highest BCUT2D eigenvalue weighted by Crippen LogP contribution is 2.31. The van der Waals surface area contributed by atoms with Crippen LogP contribution < -0.4 is 5.73 Å². The summed E-state index contributed by atoms with van der Waals surface area (Å²) in [5, 5.41) is 8.91. The lowest BCUT2D eigenvalue weighted by Crippen LogP contribution is -2.37. The van der Waals surface area contributed by atoms with Crippen molar-refractivity contribution in [2.75, 3.05) is 0 Å². The van der Waals surface area contributed by atoms with Gasteiger partial charge in [-0.05, 0) is 17.5 Å². The molecule has 0 heterocycles. The van der Waals surface area contributed by atoms with Gasteiger partial charge in [-0.2, -0.15) is 0 Å². The minimum atomic E-state index is -0.940. The molecule has 1 aliphatic carbocycles. The second-order valence-corrected chi connectivity index (χ2v) is 3.74. The smallest absolute Gasteiger partial charge is 0.321 e. The molecule has 0 saturated heterocycles. The summed E-state index contributed by atoms with van der Waals surface area (Å²) in [4.78, 5) is 10.9. The zero-order valence-electron chi connectivity index (χ0n) is 8.26. The Balaban J connectivity index is 2.38. The van der Waals surface area contributed by atoms with Crippen LogP contribution in [0.15, 0.2) is 30.3 Å². The fraction of sp³-hybridized carbons (Fsp3) is 0.250. The van der Waals surface area contributed by atoms with E-state index in [1.807, 2.05) is 36.4 Å². The molecule has 1 aromatic carbocycles. The number of benzene rings is 1. The second-order valence-electron chi connectivity index (χ2n) is 3.74. The minimum Gasteiger partial charge on any atom is -0.480 e. The van der Waals surface area contributed by atoms with Crippen LogP contribution in [0.2, 0.25) is 0 Å². The maximum atomic E-state index is 10.9. The molecule has 0 amide bonds. The summed E-state index contributed by atoms with van der Waals surface area (Å²) < 4.78 is 0. The van der Waals surface area contributed by atoms with E-state index in [-0.39, 0.29) is 5.92 Å². The Hall–Kier alpha value is -1.61. The minimum absolute atomic E-state index is 0.108. The lowest BCUT2D eigenvalue weighted by Gasteiger charge is -2.24. The maximum absolute atomic E-state index is 10.9. The molecule has 1 aliphatic rings. The highest BCUT2D eigenvalue weighted by molar-refractivity contribution is 5.75. The Morgan fingerprint density at radius 2 is 2.20 bits per heavy atom. The number of fused-ring (bicyclic) bond motifs is 1. The first kappa shape index (κ1) is 9.93. The van der Waals surface area contributed by atoms with Gasteiger partial charge in [-0.3, -0.25) is 4.79 Å². The third-order valence-electron chi connectivity index (χ3n) is 2.80. The topological polar surface area (TPSA) is 63.3 Å². The Morgan fingerprint density at radius 1 is 1.47 bits per heavy atom. The predicted octanol–water partition coefficient (Wildman–Crippen LogP) is 1.60. The summed E-state index contributed by atoms with van der Waals surface area (Å²) in [6.45, 7) is 0. The van der Waals surface area contributed by atoms with E-state index in [2.05, 4.69) is 0 Å². The van der Waals surface area contributed by atoms with Crippen molar-refractivity contribution >= 4 is 12.0 Å². The molecule has 3 nitrogen and oxygen atoms in total. The van der Waals surface area contributed by atoms with Crippen molar-refractivity contribution < 1.29 is 9.90 Å². The molecule has 3 heteroatoms. The molecule has 2 rings (SSSR count). The Morgan fingerprint density at radius 3 is 2.93 bits per heavy atom. The first-order valence-corrected chi connectivity index (χ1v) is 4.94. The fourth-order valence-corrected chi connectivity index (χ4v) is 1.98. The molecule has 2 atom stereocenters. The van der Waals surface area contributed by atoms with E-state index < -0.39 is 12.0 Å². The SMILES string of the molecule is NC(C(=O)O)[C@H]1CC=Cc2ccccc21. The quantitative estimate of drug-likeness (QED) is 0.767. The largest absolute Gasteiger partial charge is 0.480 e. The van der Waals surface area contributed by atoms with Gasteiger partial charge in [0.25, 0.3) is 0 Å². The molecule has 0 spiro atoms. The molecule has 0 fully saturated rings. The van der Waals surface area contributed by atoms with Crippen LogP contribution in [-0.2, 0) is 4.79 Å². The van der Waals surface area contributed by atoms with Crippen LogP contribution in [0.4, 0.5) is 0 Å². The molecule has 0 aromatic heterocycles. The van der Waals surface area contributed by atoms with Crippen LogP contribution >= 0.6 is 0 Å². The van der Waals surface area contributed by atoms with Crippen molar-refractivity contribution in [3.8, 4) is 0 Å². The van der Waals surface area contributed by atoms with Crippen LogP contribution in [0, 0.1) is 0 Å². The van der Waals surface area contributed by atoms with Gasteiger partial charge in [0, 0.05) is 5.92 Å². The van der Waals surface area contributed by atoms with Gasteiger partial charge in [-0.15, -0.1) is 0 Å². The number of rotatable bonds is 2. The Kier molecular flexibility index (Phi) is 2.56. The summed E-state index contributed by atoms with van der Waals surface area (Å²) in [7, 11) is 0. The van der Waals surface area contributed by atoms with E-state index in [1.165, 1.54) is 0 Å². The van der Waals surface area contributed by atoms with Gasteiger partial charge in [0.1, 0.15) is 6.04 Å². The number of aliphatic carboxylic acids is 1. The van der Waals surface area contributed by atoms with Gasteiger partial charge in [0.05, 0.1) is 0 Å². The second kappa shape index (κ2) is 3.87. The summed E-state index contributed by atoms with van der Waals surface area (Å²) in [5.41, 5.74) is 7.78. The Labute approximate surface area is 88.2 Å². The van der Waals surface area contributed by atoms with Gasteiger partial charge in [0.2, 0.25) is 0 Å². The predicted molar refractivity (Wildman–Crippen MR) is 58.4 cm³/mol. The van der Waals surface area contributed by atoms with Crippen molar-refractivity contribution in [3.63, 3.8) is 0 Å². The third-order valence-corrected chi connectivity index (χ3v) is 2.80. The highest BCUT2D eigenvalue weighted by atomic mass is 16.4. The first-order valence-electron chi connectivity index (χ1n) is 4.94. The molecular formula is C12H13NO2. The Bertz CT molecular complexity index is 412. The summed E-state index contributed by atoms with van der Waals surface area (Å²) in [6.07, 6.45) is 4.70. The van der Waals surface area contributed by atoms with Crippen LogP contribution in [-0.4, -0.2) is 17.1 Å². The van der Waals surface area contributed by atoms with Crippen molar-refractivity contribution in [2.24, 2.45) is 5.73 Å². The van der Waals surface area contributed by atoms with Gasteiger partial charge in [-0.25, -0.2) is 0 Å². The van der Waals surface area contributed by atoms with Crippen molar-refractivity contribution in [2.45, 2.75) is 18.4 Å². The number of hydrogen-bond acceptors (Lipinski definition) is 2. The molecule has 1 unspecified atom stereocenters. The average molecular weight is 203 g/mol.